The summed E-state index contributed by atoms with van der Waals surface area (Å²) >= 11 is 0. The van der Waals surface area contributed by atoms with Crippen molar-refractivity contribution in [1.29, 1.82) is 0 Å². The minimum absolute atomic E-state index is 0.0285. The molecule has 0 saturated carbocycles. The Balaban J connectivity index is 1.72. The fourth-order valence-electron chi connectivity index (χ4n) is 3.19. The molecule has 1 amide bonds. The largest absolute Gasteiger partial charge is 0.416 e. The van der Waals surface area contributed by atoms with E-state index in [2.05, 4.69) is 4.98 Å². The number of carbonyl (C=O) groups is 1. The monoisotopic (exact) mass is 381 g/mol. The third-order valence-corrected chi connectivity index (χ3v) is 4.63. The summed E-state index contributed by atoms with van der Waals surface area (Å²) in [6, 6.07) is 5.23. The molecule has 5 nitrogen and oxygen atoms in total. The summed E-state index contributed by atoms with van der Waals surface area (Å²) in [5, 5.41) is 0. The lowest BCUT2D eigenvalue weighted by atomic mass is 10.1. The number of hydrogen-bond acceptors (Lipinski definition) is 3. The summed E-state index contributed by atoms with van der Waals surface area (Å²) in [7, 11) is 0. The number of imidazole rings is 1. The number of alkyl halides is 3. The molecule has 0 N–H and O–H groups in total. The number of ether oxygens (including phenoxy) is 1. The van der Waals surface area contributed by atoms with Crippen LogP contribution in [0.5, 0.6) is 0 Å². The Bertz CT molecular complexity index is 783. The van der Waals surface area contributed by atoms with Gasteiger partial charge in [0.25, 0.3) is 0 Å². The van der Waals surface area contributed by atoms with Crippen molar-refractivity contribution < 1.29 is 22.7 Å². The van der Waals surface area contributed by atoms with E-state index in [0.717, 1.165) is 25.0 Å². The van der Waals surface area contributed by atoms with Gasteiger partial charge in [0.15, 0.2) is 0 Å². The molecule has 3 rings (SSSR count). The second kappa shape index (κ2) is 8.12. The van der Waals surface area contributed by atoms with Crippen LogP contribution < -0.4 is 0 Å². The molecule has 0 spiro atoms. The number of halogens is 3. The van der Waals surface area contributed by atoms with Gasteiger partial charge in [0.2, 0.25) is 5.91 Å². The number of benzene rings is 1. The summed E-state index contributed by atoms with van der Waals surface area (Å²) in [5.74, 6) is 0.541. The average Bonchev–Trinajstić information content (AvgIpc) is 3.26. The molecule has 0 radical (unpaired) electrons. The summed E-state index contributed by atoms with van der Waals surface area (Å²) in [6.07, 6.45) is 0.859. The Morgan fingerprint density at radius 2 is 2.22 bits per heavy atom. The molecule has 1 atom stereocenters. The third kappa shape index (κ3) is 5.09. The van der Waals surface area contributed by atoms with E-state index >= 15 is 0 Å². The lowest BCUT2D eigenvalue weighted by Gasteiger charge is -2.24. The van der Waals surface area contributed by atoms with Gasteiger partial charge in [-0.1, -0.05) is 12.1 Å². The van der Waals surface area contributed by atoms with E-state index in [1.807, 2.05) is 0 Å². The fourth-order valence-corrected chi connectivity index (χ4v) is 3.19. The Hall–Kier alpha value is -2.35. The van der Waals surface area contributed by atoms with Crippen molar-refractivity contribution in [2.45, 2.75) is 45.1 Å². The highest BCUT2D eigenvalue weighted by Gasteiger charge is 2.30. The average molecular weight is 381 g/mol. The maximum atomic E-state index is 12.9. The van der Waals surface area contributed by atoms with Crippen molar-refractivity contribution >= 4 is 5.91 Å². The molecule has 0 bridgehead atoms. The zero-order valence-electron chi connectivity index (χ0n) is 15.1. The second-order valence-corrected chi connectivity index (χ2v) is 6.70. The first-order valence-electron chi connectivity index (χ1n) is 8.86. The van der Waals surface area contributed by atoms with Crippen LogP contribution in [0.4, 0.5) is 13.2 Å². The highest BCUT2D eigenvalue weighted by molar-refractivity contribution is 5.73. The van der Waals surface area contributed by atoms with Crippen molar-refractivity contribution in [2.75, 3.05) is 13.2 Å². The predicted molar refractivity (Wildman–Crippen MR) is 92.8 cm³/mol. The van der Waals surface area contributed by atoms with E-state index in [1.54, 1.807) is 27.9 Å². The maximum absolute atomic E-state index is 12.9. The van der Waals surface area contributed by atoms with Crippen LogP contribution >= 0.6 is 0 Å². The normalized spacial score (nSPS) is 17.3. The van der Waals surface area contributed by atoms with Crippen LogP contribution in [-0.2, 0) is 28.8 Å². The van der Waals surface area contributed by atoms with Gasteiger partial charge in [0.1, 0.15) is 5.82 Å². The lowest BCUT2D eigenvalue weighted by Crippen LogP contribution is -2.36. The predicted octanol–water partition coefficient (Wildman–Crippen LogP) is 3.48. The number of amides is 1. The molecule has 1 aromatic carbocycles. The zero-order valence-corrected chi connectivity index (χ0v) is 15.1. The first kappa shape index (κ1) is 19.4. The minimum atomic E-state index is -4.37. The molecular formula is C19H22F3N3O2. The van der Waals surface area contributed by atoms with E-state index < -0.39 is 11.7 Å². The van der Waals surface area contributed by atoms with E-state index in [-0.39, 0.29) is 18.6 Å². The summed E-state index contributed by atoms with van der Waals surface area (Å²) < 4.78 is 46.1. The lowest BCUT2D eigenvalue weighted by molar-refractivity contribution is -0.137. The minimum Gasteiger partial charge on any atom is -0.376 e. The SMILES string of the molecule is CC(=O)N(Cc1nccn1Cc1cccc(C(F)(F)F)c1)CC1CCCO1. The molecule has 2 aromatic rings. The second-order valence-electron chi connectivity index (χ2n) is 6.70. The number of rotatable bonds is 6. The molecule has 27 heavy (non-hydrogen) atoms. The Kier molecular flexibility index (Phi) is 5.84. The quantitative estimate of drug-likeness (QED) is 0.770. The van der Waals surface area contributed by atoms with Gasteiger partial charge in [-0.15, -0.1) is 0 Å². The van der Waals surface area contributed by atoms with Gasteiger partial charge in [-0.2, -0.15) is 13.2 Å². The molecule has 1 fully saturated rings. The van der Waals surface area contributed by atoms with Crippen LogP contribution in [-0.4, -0.2) is 39.6 Å². The molecular weight excluding hydrogens is 359 g/mol. The van der Waals surface area contributed by atoms with E-state index in [4.69, 9.17) is 4.74 Å². The highest BCUT2D eigenvalue weighted by Crippen LogP contribution is 2.29. The smallest absolute Gasteiger partial charge is 0.376 e. The number of nitrogens with zero attached hydrogens (tertiary/aromatic N) is 3. The molecule has 1 saturated heterocycles. The summed E-state index contributed by atoms with van der Waals surface area (Å²) in [5.41, 5.74) is -0.150. The summed E-state index contributed by atoms with van der Waals surface area (Å²) in [6.45, 7) is 3.24. The Morgan fingerprint density at radius 3 is 2.89 bits per heavy atom. The van der Waals surface area contributed by atoms with Crippen LogP contribution in [0.25, 0.3) is 0 Å². The van der Waals surface area contributed by atoms with Crippen LogP contribution in [0.3, 0.4) is 0 Å². The first-order chi connectivity index (χ1) is 12.8. The van der Waals surface area contributed by atoms with Gasteiger partial charge in [0.05, 0.1) is 18.2 Å². The summed E-state index contributed by atoms with van der Waals surface area (Å²) in [4.78, 5) is 17.9. The van der Waals surface area contributed by atoms with Gasteiger partial charge >= 0.3 is 6.18 Å². The standard InChI is InChI=1S/C19H22F3N3O2/c1-14(26)25(12-17-6-3-9-27-17)13-18-23-7-8-24(18)11-15-4-2-5-16(10-15)19(20,21)22/h2,4-5,7-8,10,17H,3,6,9,11-13H2,1H3. The Labute approximate surface area is 155 Å². The van der Waals surface area contributed by atoms with E-state index in [1.165, 1.54) is 13.0 Å². The van der Waals surface area contributed by atoms with Crippen molar-refractivity contribution in [1.82, 2.24) is 14.5 Å². The van der Waals surface area contributed by atoms with Gasteiger partial charge in [-0.3, -0.25) is 4.79 Å². The van der Waals surface area contributed by atoms with Crippen molar-refractivity contribution in [3.63, 3.8) is 0 Å². The number of carbonyl (C=O) groups excluding carboxylic acids is 1. The van der Waals surface area contributed by atoms with Crippen LogP contribution in [0.1, 0.15) is 36.7 Å². The molecule has 146 valence electrons. The molecule has 1 aliphatic heterocycles. The fraction of sp³-hybridized carbons (Fsp3) is 0.474. The van der Waals surface area contributed by atoms with Crippen molar-refractivity contribution in [3.05, 3.63) is 53.6 Å². The third-order valence-electron chi connectivity index (χ3n) is 4.63. The topological polar surface area (TPSA) is 47.4 Å². The molecule has 0 aliphatic carbocycles. The molecule has 2 heterocycles. The van der Waals surface area contributed by atoms with Gasteiger partial charge < -0.3 is 14.2 Å². The van der Waals surface area contributed by atoms with Crippen LogP contribution in [0.2, 0.25) is 0 Å². The van der Waals surface area contributed by atoms with E-state index in [9.17, 15) is 18.0 Å². The van der Waals surface area contributed by atoms with Crippen LogP contribution in [0, 0.1) is 0 Å². The van der Waals surface area contributed by atoms with Crippen molar-refractivity contribution in [3.8, 4) is 0 Å². The van der Waals surface area contributed by atoms with Gasteiger partial charge in [0, 0.05) is 39.0 Å². The first-order valence-corrected chi connectivity index (χ1v) is 8.86. The van der Waals surface area contributed by atoms with Crippen molar-refractivity contribution in [2.24, 2.45) is 0 Å². The van der Waals surface area contributed by atoms with Crippen LogP contribution in [0.15, 0.2) is 36.7 Å². The van der Waals surface area contributed by atoms with E-state index in [0.29, 0.717) is 31.1 Å². The highest BCUT2D eigenvalue weighted by atomic mass is 19.4. The molecule has 8 heteroatoms. The van der Waals surface area contributed by atoms with Gasteiger partial charge in [-0.25, -0.2) is 4.98 Å². The molecule has 1 aromatic heterocycles. The van der Waals surface area contributed by atoms with Gasteiger partial charge in [-0.05, 0) is 30.5 Å². The molecule has 1 unspecified atom stereocenters. The maximum Gasteiger partial charge on any atom is 0.416 e. The number of aromatic nitrogens is 2. The molecule has 1 aliphatic rings. The number of hydrogen-bond donors (Lipinski definition) is 0. The zero-order chi connectivity index (χ0) is 19.4. The Morgan fingerprint density at radius 1 is 1.41 bits per heavy atom.